The highest BCUT2D eigenvalue weighted by atomic mass is 79.9. The summed E-state index contributed by atoms with van der Waals surface area (Å²) in [5.74, 6) is 0. The molecule has 2 bridgehead atoms. The smallest absolute Gasteiger partial charge is 0.0272 e. The third-order valence-corrected chi connectivity index (χ3v) is 4.82. The van der Waals surface area contributed by atoms with Crippen molar-refractivity contribution in [3.8, 4) is 0 Å². The summed E-state index contributed by atoms with van der Waals surface area (Å²) >= 11 is 7.58. The monoisotopic (exact) mass is 252 g/mol. The Morgan fingerprint density at radius 2 is 1.11 bits per heavy atom. The molecule has 0 N–H and O–H groups in total. The zero-order valence-electron chi connectivity index (χ0n) is 5.29. The molecule has 0 nitrogen and oxygen atoms in total. The highest BCUT2D eigenvalue weighted by molar-refractivity contribution is 9.10. The van der Waals surface area contributed by atoms with Gasteiger partial charge in [-0.2, -0.15) is 0 Å². The van der Waals surface area contributed by atoms with Crippen molar-refractivity contribution in [2.75, 3.05) is 0 Å². The molecule has 0 atom stereocenters. The van der Waals surface area contributed by atoms with Crippen molar-refractivity contribution >= 4 is 31.9 Å². The topological polar surface area (TPSA) is 0 Å². The molecular formula is C7H10Br2. The van der Waals surface area contributed by atoms with Gasteiger partial charge in [-0.05, 0) is 32.1 Å². The van der Waals surface area contributed by atoms with Crippen molar-refractivity contribution in [2.45, 2.75) is 40.8 Å². The van der Waals surface area contributed by atoms with Crippen LogP contribution >= 0.6 is 31.9 Å². The summed E-state index contributed by atoms with van der Waals surface area (Å²) in [5, 5.41) is 0. The molecule has 9 heavy (non-hydrogen) atoms. The first-order chi connectivity index (χ1) is 4.12. The molecule has 2 aliphatic carbocycles. The molecular weight excluding hydrogens is 244 g/mol. The lowest BCUT2D eigenvalue weighted by molar-refractivity contribution is 0.539. The van der Waals surface area contributed by atoms with Gasteiger partial charge in [0.1, 0.15) is 0 Å². The number of halogens is 2. The van der Waals surface area contributed by atoms with Crippen LogP contribution in [0, 0.1) is 0 Å². The molecule has 0 amide bonds. The molecule has 0 saturated heterocycles. The van der Waals surface area contributed by atoms with E-state index in [2.05, 4.69) is 31.9 Å². The van der Waals surface area contributed by atoms with Gasteiger partial charge in [0, 0.05) is 8.65 Å². The fourth-order valence-corrected chi connectivity index (χ4v) is 4.31. The van der Waals surface area contributed by atoms with E-state index in [9.17, 15) is 0 Å². The maximum Gasteiger partial charge on any atom is 0.0272 e. The Balaban J connectivity index is 2.25. The first-order valence-electron chi connectivity index (χ1n) is 3.50. The molecule has 2 rings (SSSR count). The molecule has 0 heterocycles. The van der Waals surface area contributed by atoms with Gasteiger partial charge < -0.3 is 0 Å². The number of hydrogen-bond donors (Lipinski definition) is 0. The van der Waals surface area contributed by atoms with E-state index in [-0.39, 0.29) is 0 Å². The number of rotatable bonds is 0. The lowest BCUT2D eigenvalue weighted by Crippen LogP contribution is -2.12. The second-order valence-corrected chi connectivity index (χ2v) is 6.84. The van der Waals surface area contributed by atoms with Gasteiger partial charge in [0.25, 0.3) is 0 Å². The van der Waals surface area contributed by atoms with Gasteiger partial charge >= 0.3 is 0 Å². The summed E-state index contributed by atoms with van der Waals surface area (Å²) in [6.45, 7) is 0. The third-order valence-electron chi connectivity index (χ3n) is 2.68. The molecule has 52 valence electrons. The Bertz CT molecular complexity index is 118. The van der Waals surface area contributed by atoms with Gasteiger partial charge in [-0.15, -0.1) is 0 Å². The van der Waals surface area contributed by atoms with Gasteiger partial charge in [-0.3, -0.25) is 0 Å². The molecule has 0 aromatic heterocycles. The van der Waals surface area contributed by atoms with Crippen LogP contribution in [-0.2, 0) is 0 Å². The Morgan fingerprint density at radius 3 is 1.22 bits per heavy atom. The normalized spacial score (nSPS) is 56.7. The molecule has 0 aromatic rings. The van der Waals surface area contributed by atoms with E-state index >= 15 is 0 Å². The van der Waals surface area contributed by atoms with E-state index < -0.39 is 0 Å². The Morgan fingerprint density at radius 1 is 0.778 bits per heavy atom. The van der Waals surface area contributed by atoms with E-state index in [4.69, 9.17) is 0 Å². The molecule has 0 aliphatic heterocycles. The first-order valence-corrected chi connectivity index (χ1v) is 5.09. The first kappa shape index (κ1) is 6.66. The van der Waals surface area contributed by atoms with Crippen LogP contribution in [0.3, 0.4) is 0 Å². The fraction of sp³-hybridized carbons (Fsp3) is 1.00. The summed E-state index contributed by atoms with van der Waals surface area (Å²) in [6, 6.07) is 0. The SMILES string of the molecule is BrC12CCC(Br)(CC1)C2. The maximum atomic E-state index is 3.79. The van der Waals surface area contributed by atoms with Crippen LogP contribution in [-0.4, -0.2) is 8.65 Å². The van der Waals surface area contributed by atoms with Crippen LogP contribution < -0.4 is 0 Å². The van der Waals surface area contributed by atoms with Crippen LogP contribution in [0.25, 0.3) is 0 Å². The van der Waals surface area contributed by atoms with Gasteiger partial charge in [-0.25, -0.2) is 0 Å². The summed E-state index contributed by atoms with van der Waals surface area (Å²) in [6.07, 6.45) is 6.84. The summed E-state index contributed by atoms with van der Waals surface area (Å²) in [7, 11) is 0. The zero-order valence-corrected chi connectivity index (χ0v) is 8.46. The van der Waals surface area contributed by atoms with E-state index in [0.29, 0.717) is 8.65 Å². The Labute approximate surface area is 72.7 Å². The lowest BCUT2D eigenvalue weighted by atomic mass is 10.0. The van der Waals surface area contributed by atoms with Crippen molar-refractivity contribution < 1.29 is 0 Å². The zero-order chi connectivity index (χ0) is 6.54. The Kier molecular flexibility index (Phi) is 1.30. The average molecular weight is 254 g/mol. The molecule has 2 heteroatoms. The van der Waals surface area contributed by atoms with Crippen molar-refractivity contribution in [3.63, 3.8) is 0 Å². The predicted octanol–water partition coefficient (Wildman–Crippen LogP) is 3.23. The van der Waals surface area contributed by atoms with Gasteiger partial charge in [-0.1, -0.05) is 31.9 Å². The number of hydrogen-bond acceptors (Lipinski definition) is 0. The third kappa shape index (κ3) is 0.988. The van der Waals surface area contributed by atoms with Gasteiger partial charge in [0.2, 0.25) is 0 Å². The lowest BCUT2D eigenvalue weighted by Gasteiger charge is -2.19. The summed E-state index contributed by atoms with van der Waals surface area (Å²) < 4.78 is 1.08. The van der Waals surface area contributed by atoms with E-state index in [1.165, 1.54) is 32.1 Å². The molecule has 0 spiro atoms. The second kappa shape index (κ2) is 1.76. The van der Waals surface area contributed by atoms with Crippen molar-refractivity contribution in [1.29, 1.82) is 0 Å². The number of alkyl halides is 2. The average Bonchev–Trinajstić information content (AvgIpc) is 2.19. The van der Waals surface area contributed by atoms with Crippen LogP contribution in [0.2, 0.25) is 0 Å². The number of fused-ring (bicyclic) bond motifs is 2. The van der Waals surface area contributed by atoms with Crippen LogP contribution in [0.15, 0.2) is 0 Å². The fourth-order valence-electron chi connectivity index (χ4n) is 2.07. The van der Waals surface area contributed by atoms with Crippen LogP contribution in [0.1, 0.15) is 32.1 Å². The Hall–Kier alpha value is 0.960. The minimum Gasteiger partial charge on any atom is -0.0853 e. The highest BCUT2D eigenvalue weighted by Gasteiger charge is 2.51. The molecule has 2 aliphatic rings. The summed E-state index contributed by atoms with van der Waals surface area (Å²) in [5.41, 5.74) is 0. The molecule has 2 saturated carbocycles. The minimum absolute atomic E-state index is 0.538. The van der Waals surface area contributed by atoms with Crippen molar-refractivity contribution in [2.24, 2.45) is 0 Å². The largest absolute Gasteiger partial charge is 0.0853 e. The van der Waals surface area contributed by atoms with E-state index in [1.807, 2.05) is 0 Å². The molecule has 0 radical (unpaired) electrons. The molecule has 0 aromatic carbocycles. The molecule has 2 fully saturated rings. The van der Waals surface area contributed by atoms with Crippen LogP contribution in [0.5, 0.6) is 0 Å². The second-order valence-electron chi connectivity index (χ2n) is 3.48. The van der Waals surface area contributed by atoms with E-state index in [1.54, 1.807) is 0 Å². The highest BCUT2D eigenvalue weighted by Crippen LogP contribution is 2.59. The molecule has 0 unspecified atom stereocenters. The van der Waals surface area contributed by atoms with Gasteiger partial charge in [0.15, 0.2) is 0 Å². The standard InChI is InChI=1S/C7H10Br2/c8-6-1-2-7(9,5-6)4-3-6/h1-5H2. The van der Waals surface area contributed by atoms with Crippen LogP contribution in [0.4, 0.5) is 0 Å². The quantitative estimate of drug-likeness (QED) is 0.582. The summed E-state index contributed by atoms with van der Waals surface area (Å²) in [4.78, 5) is 0. The predicted molar refractivity (Wildman–Crippen MR) is 46.4 cm³/mol. The maximum absolute atomic E-state index is 3.79. The van der Waals surface area contributed by atoms with Crippen molar-refractivity contribution in [3.05, 3.63) is 0 Å². The van der Waals surface area contributed by atoms with E-state index in [0.717, 1.165) is 0 Å². The minimum atomic E-state index is 0.538. The van der Waals surface area contributed by atoms with Gasteiger partial charge in [0.05, 0.1) is 0 Å². The van der Waals surface area contributed by atoms with Crippen molar-refractivity contribution in [1.82, 2.24) is 0 Å².